The van der Waals surface area contributed by atoms with Gasteiger partial charge >= 0.3 is 5.97 Å². The fourth-order valence-corrected chi connectivity index (χ4v) is 5.15. The van der Waals surface area contributed by atoms with E-state index in [0.29, 0.717) is 38.7 Å². The van der Waals surface area contributed by atoms with Crippen LogP contribution in [0, 0.1) is 13.8 Å². The van der Waals surface area contributed by atoms with Gasteiger partial charge in [0, 0.05) is 27.1 Å². The molecule has 0 saturated carbocycles. The molecule has 0 atom stereocenters. The van der Waals surface area contributed by atoms with E-state index < -0.39 is 17.8 Å². The summed E-state index contributed by atoms with van der Waals surface area (Å²) in [6.07, 6.45) is 0.629. The zero-order valence-electron chi connectivity index (χ0n) is 20.2. The van der Waals surface area contributed by atoms with Crippen LogP contribution in [0.1, 0.15) is 35.1 Å². The Morgan fingerprint density at radius 2 is 1.65 bits per heavy atom. The molecule has 2 heterocycles. The summed E-state index contributed by atoms with van der Waals surface area (Å²) in [7, 11) is 0. The first-order valence-corrected chi connectivity index (χ1v) is 12.9. The van der Waals surface area contributed by atoms with Crippen LogP contribution in [0.15, 0.2) is 64.3 Å². The number of hydrogen-bond donors (Lipinski definition) is 1. The molecule has 2 aromatic carbocycles. The van der Waals surface area contributed by atoms with Crippen LogP contribution >= 0.6 is 35.0 Å². The summed E-state index contributed by atoms with van der Waals surface area (Å²) in [6.45, 7) is 5.70. The molecule has 3 aromatic rings. The van der Waals surface area contributed by atoms with E-state index in [4.69, 9.17) is 27.9 Å². The smallest absolute Gasteiger partial charge is 0.340 e. The fraction of sp³-hybridized carbons (Fsp3) is 0.192. The molecule has 0 saturated heterocycles. The zero-order valence-corrected chi connectivity index (χ0v) is 22.5. The zero-order chi connectivity index (χ0) is 26.7. The Labute approximate surface area is 228 Å². The van der Waals surface area contributed by atoms with Crippen molar-refractivity contribution in [3.05, 3.63) is 86.1 Å². The van der Waals surface area contributed by atoms with Crippen LogP contribution in [0.2, 0.25) is 10.0 Å². The number of hydrogen-bond acceptors (Lipinski definition) is 8. The molecule has 2 amide bonds. The van der Waals surface area contributed by atoms with Crippen molar-refractivity contribution in [1.29, 1.82) is 0 Å². The van der Waals surface area contributed by atoms with Gasteiger partial charge in [-0.2, -0.15) is 0 Å². The summed E-state index contributed by atoms with van der Waals surface area (Å²) >= 11 is 13.2. The molecule has 0 aliphatic carbocycles. The van der Waals surface area contributed by atoms with Crippen molar-refractivity contribution in [3.63, 3.8) is 0 Å². The highest BCUT2D eigenvalue weighted by Crippen LogP contribution is 2.38. The number of benzene rings is 2. The Kier molecular flexibility index (Phi) is 8.16. The summed E-state index contributed by atoms with van der Waals surface area (Å²) in [5.74, 6) is -1.93. The predicted octanol–water partition coefficient (Wildman–Crippen LogP) is 5.96. The van der Waals surface area contributed by atoms with Crippen LogP contribution in [0.4, 0.5) is 11.4 Å². The molecule has 1 aliphatic heterocycles. The highest BCUT2D eigenvalue weighted by molar-refractivity contribution is 8.04. The number of nitrogens with one attached hydrogen (secondary N) is 1. The number of thioether (sulfide) groups is 1. The number of nitrogens with zero attached hydrogens (tertiary/aromatic N) is 3. The van der Waals surface area contributed by atoms with Crippen LogP contribution in [0.3, 0.4) is 0 Å². The van der Waals surface area contributed by atoms with E-state index in [1.54, 1.807) is 36.4 Å². The highest BCUT2D eigenvalue weighted by atomic mass is 35.5. The molecule has 11 heteroatoms. The minimum atomic E-state index is -0.663. The number of carbonyl (C=O) groups excluding carboxylic acids is 3. The quantitative estimate of drug-likeness (QED) is 0.206. The maximum atomic E-state index is 13.7. The molecule has 0 unspecified atom stereocenters. The third kappa shape index (κ3) is 5.95. The first-order chi connectivity index (χ1) is 17.7. The Morgan fingerprint density at radius 3 is 2.30 bits per heavy atom. The Morgan fingerprint density at radius 1 is 1.00 bits per heavy atom. The highest BCUT2D eigenvalue weighted by Gasteiger charge is 2.42. The lowest BCUT2D eigenvalue weighted by Crippen LogP contribution is -2.33. The van der Waals surface area contributed by atoms with E-state index >= 15 is 0 Å². The molecule has 0 spiro atoms. The van der Waals surface area contributed by atoms with Crippen LogP contribution in [-0.4, -0.2) is 34.4 Å². The van der Waals surface area contributed by atoms with E-state index in [-0.39, 0.29) is 28.5 Å². The van der Waals surface area contributed by atoms with E-state index in [1.165, 1.54) is 12.1 Å². The molecule has 1 aliphatic rings. The monoisotopic (exact) mass is 556 g/mol. The van der Waals surface area contributed by atoms with Gasteiger partial charge in [-0.05, 0) is 68.4 Å². The van der Waals surface area contributed by atoms with E-state index in [9.17, 15) is 14.4 Å². The van der Waals surface area contributed by atoms with Crippen molar-refractivity contribution >= 4 is 64.1 Å². The van der Waals surface area contributed by atoms with Crippen molar-refractivity contribution in [2.45, 2.75) is 32.3 Å². The molecular formula is C26H22Cl2N4O4S. The van der Waals surface area contributed by atoms with Crippen molar-refractivity contribution in [1.82, 2.24) is 9.97 Å². The minimum absolute atomic E-state index is 0.0205. The molecule has 4 rings (SSSR count). The number of aryl methyl sites for hydroxylation is 2. The standard InChI is InChI=1S/C26H22Cl2N4O4S/c1-4-9-36-25(35)19-7-5-6-8-20(19)32-23(33)21(31-18-12-16(27)11-17(28)13-18)22(24(32)34)37-26-29-14(2)10-15(3)30-26/h5-8,10-13,31H,4,9H2,1-3H3. The first-order valence-electron chi connectivity index (χ1n) is 11.3. The second-order valence-electron chi connectivity index (χ2n) is 8.12. The van der Waals surface area contributed by atoms with Crippen molar-refractivity contribution < 1.29 is 19.1 Å². The topological polar surface area (TPSA) is 101 Å². The molecular weight excluding hydrogens is 535 g/mol. The first kappa shape index (κ1) is 26.7. The van der Waals surface area contributed by atoms with Gasteiger partial charge in [0.2, 0.25) is 0 Å². The van der Waals surface area contributed by atoms with Gasteiger partial charge in [-0.15, -0.1) is 0 Å². The SMILES string of the molecule is CCCOC(=O)c1ccccc1N1C(=O)C(Nc2cc(Cl)cc(Cl)c2)=C(Sc2nc(C)cc(C)n2)C1=O. The van der Waals surface area contributed by atoms with Gasteiger partial charge in [0.25, 0.3) is 11.8 Å². The molecule has 1 N–H and O–H groups in total. The van der Waals surface area contributed by atoms with Gasteiger partial charge in [0.1, 0.15) is 10.6 Å². The number of aromatic nitrogens is 2. The molecule has 190 valence electrons. The Balaban J connectivity index is 1.79. The number of carbonyl (C=O) groups is 3. The van der Waals surface area contributed by atoms with Crippen molar-refractivity contribution in [3.8, 4) is 0 Å². The largest absolute Gasteiger partial charge is 0.462 e. The van der Waals surface area contributed by atoms with Crippen LogP contribution < -0.4 is 10.2 Å². The Bertz CT molecular complexity index is 1330. The third-order valence-corrected chi connectivity index (χ3v) is 6.51. The van der Waals surface area contributed by atoms with E-state index in [1.807, 2.05) is 20.8 Å². The predicted molar refractivity (Wildman–Crippen MR) is 144 cm³/mol. The summed E-state index contributed by atoms with van der Waals surface area (Å²) in [5, 5.41) is 3.99. The van der Waals surface area contributed by atoms with Crippen molar-refractivity contribution in [2.75, 3.05) is 16.8 Å². The van der Waals surface area contributed by atoms with E-state index in [2.05, 4.69) is 15.3 Å². The minimum Gasteiger partial charge on any atom is -0.462 e. The molecule has 37 heavy (non-hydrogen) atoms. The summed E-state index contributed by atoms with van der Waals surface area (Å²) < 4.78 is 5.27. The molecule has 1 aromatic heterocycles. The Hall–Kier alpha value is -3.40. The lowest BCUT2D eigenvalue weighted by Gasteiger charge is -2.18. The average Bonchev–Trinajstić information content (AvgIpc) is 3.05. The summed E-state index contributed by atoms with van der Waals surface area (Å²) in [4.78, 5) is 50.0. The van der Waals surface area contributed by atoms with Gasteiger partial charge in [0.15, 0.2) is 5.16 Å². The summed E-state index contributed by atoms with van der Waals surface area (Å²) in [5.41, 5.74) is 2.02. The van der Waals surface area contributed by atoms with Crippen molar-refractivity contribution in [2.24, 2.45) is 0 Å². The van der Waals surface area contributed by atoms with Crippen LogP contribution in [-0.2, 0) is 14.3 Å². The maximum absolute atomic E-state index is 13.7. The third-order valence-electron chi connectivity index (χ3n) is 5.13. The maximum Gasteiger partial charge on any atom is 0.340 e. The van der Waals surface area contributed by atoms with Crippen LogP contribution in [0.25, 0.3) is 0 Å². The van der Waals surface area contributed by atoms with Gasteiger partial charge in [-0.3, -0.25) is 9.59 Å². The van der Waals surface area contributed by atoms with Gasteiger partial charge < -0.3 is 10.1 Å². The normalized spacial score (nSPS) is 13.4. The van der Waals surface area contributed by atoms with Gasteiger partial charge in [-0.1, -0.05) is 42.3 Å². The fourth-order valence-electron chi connectivity index (χ4n) is 3.65. The lowest BCUT2D eigenvalue weighted by atomic mass is 10.1. The number of anilines is 2. The molecule has 8 nitrogen and oxygen atoms in total. The number of ether oxygens (including phenoxy) is 1. The molecule has 0 fully saturated rings. The van der Waals surface area contributed by atoms with Gasteiger partial charge in [0.05, 0.1) is 17.9 Å². The van der Waals surface area contributed by atoms with E-state index in [0.717, 1.165) is 16.7 Å². The number of amides is 2. The number of imide groups is 1. The number of halogens is 2. The second kappa shape index (κ2) is 11.3. The molecule has 0 radical (unpaired) electrons. The molecule has 0 bridgehead atoms. The number of para-hydroxylation sites is 1. The number of esters is 1. The second-order valence-corrected chi connectivity index (χ2v) is 9.97. The van der Waals surface area contributed by atoms with Crippen LogP contribution in [0.5, 0.6) is 0 Å². The lowest BCUT2D eigenvalue weighted by molar-refractivity contribution is -0.120. The average molecular weight is 557 g/mol. The summed E-state index contributed by atoms with van der Waals surface area (Å²) in [6, 6.07) is 12.8. The van der Waals surface area contributed by atoms with Gasteiger partial charge in [-0.25, -0.2) is 19.7 Å². The number of rotatable bonds is 8.